The van der Waals surface area contributed by atoms with Crippen LogP contribution in [-0.4, -0.2) is 29.8 Å². The third-order valence-corrected chi connectivity index (χ3v) is 3.71. The SMILES string of the molecule is CCOC(=O)C1CCC(Oc2ccccc2C(=O)O)CC1. The summed E-state index contributed by atoms with van der Waals surface area (Å²) in [5.41, 5.74) is 0.171. The lowest BCUT2D eigenvalue weighted by atomic mass is 9.87. The third kappa shape index (κ3) is 3.97. The van der Waals surface area contributed by atoms with Gasteiger partial charge < -0.3 is 14.6 Å². The van der Waals surface area contributed by atoms with E-state index in [1.165, 1.54) is 6.07 Å². The maximum Gasteiger partial charge on any atom is 0.339 e. The van der Waals surface area contributed by atoms with E-state index >= 15 is 0 Å². The number of carboxylic acids is 1. The number of para-hydroxylation sites is 1. The molecule has 0 amide bonds. The maximum absolute atomic E-state index is 11.7. The zero-order chi connectivity index (χ0) is 15.2. The molecule has 0 saturated heterocycles. The predicted molar refractivity (Wildman–Crippen MR) is 76.4 cm³/mol. The van der Waals surface area contributed by atoms with Gasteiger partial charge in [-0.25, -0.2) is 4.79 Å². The van der Waals surface area contributed by atoms with E-state index in [0.29, 0.717) is 12.4 Å². The molecule has 0 atom stereocenters. The fraction of sp³-hybridized carbons (Fsp3) is 0.500. The van der Waals surface area contributed by atoms with Crippen molar-refractivity contribution < 1.29 is 24.2 Å². The van der Waals surface area contributed by atoms with Crippen molar-refractivity contribution in [1.29, 1.82) is 0 Å². The van der Waals surface area contributed by atoms with Gasteiger partial charge in [0.1, 0.15) is 11.3 Å². The topological polar surface area (TPSA) is 72.8 Å². The quantitative estimate of drug-likeness (QED) is 0.845. The maximum atomic E-state index is 11.7. The van der Waals surface area contributed by atoms with Crippen molar-refractivity contribution in [2.75, 3.05) is 6.61 Å². The minimum absolute atomic E-state index is 0.0452. The average molecular weight is 292 g/mol. The Hall–Kier alpha value is -2.04. The highest BCUT2D eigenvalue weighted by Gasteiger charge is 2.28. The summed E-state index contributed by atoms with van der Waals surface area (Å²) in [5.74, 6) is -0.795. The highest BCUT2D eigenvalue weighted by molar-refractivity contribution is 5.90. The summed E-state index contributed by atoms with van der Waals surface area (Å²) < 4.78 is 10.8. The van der Waals surface area contributed by atoms with Gasteiger partial charge in [-0.15, -0.1) is 0 Å². The lowest BCUT2D eigenvalue weighted by Gasteiger charge is -2.28. The molecule has 0 bridgehead atoms. The molecule has 1 N–H and O–H groups in total. The van der Waals surface area contributed by atoms with Crippen LogP contribution in [0.4, 0.5) is 0 Å². The number of ether oxygens (including phenoxy) is 2. The number of hydrogen-bond donors (Lipinski definition) is 1. The third-order valence-electron chi connectivity index (χ3n) is 3.71. The van der Waals surface area contributed by atoms with Crippen molar-refractivity contribution in [3.05, 3.63) is 29.8 Å². The van der Waals surface area contributed by atoms with Gasteiger partial charge in [-0.1, -0.05) is 12.1 Å². The van der Waals surface area contributed by atoms with Crippen molar-refractivity contribution >= 4 is 11.9 Å². The normalized spacial score (nSPS) is 21.6. The monoisotopic (exact) mass is 292 g/mol. The van der Waals surface area contributed by atoms with Crippen molar-refractivity contribution in [1.82, 2.24) is 0 Å². The molecule has 1 aliphatic carbocycles. The Bertz CT molecular complexity index is 503. The molecular weight excluding hydrogens is 272 g/mol. The van der Waals surface area contributed by atoms with Gasteiger partial charge in [0.2, 0.25) is 0 Å². The van der Waals surface area contributed by atoms with Gasteiger partial charge in [0.05, 0.1) is 18.6 Å². The van der Waals surface area contributed by atoms with Gasteiger partial charge in [-0.3, -0.25) is 4.79 Å². The molecule has 0 aliphatic heterocycles. The molecule has 2 rings (SSSR count). The molecular formula is C16H20O5. The van der Waals surface area contributed by atoms with Gasteiger partial charge in [0.15, 0.2) is 0 Å². The fourth-order valence-corrected chi connectivity index (χ4v) is 2.60. The van der Waals surface area contributed by atoms with Gasteiger partial charge in [-0.05, 0) is 44.7 Å². The summed E-state index contributed by atoms with van der Waals surface area (Å²) in [6, 6.07) is 6.63. The van der Waals surface area contributed by atoms with Crippen LogP contribution in [-0.2, 0) is 9.53 Å². The zero-order valence-corrected chi connectivity index (χ0v) is 12.1. The molecule has 5 heteroatoms. The minimum Gasteiger partial charge on any atom is -0.490 e. The number of carbonyl (C=O) groups excluding carboxylic acids is 1. The molecule has 1 aromatic carbocycles. The van der Waals surface area contributed by atoms with E-state index in [4.69, 9.17) is 14.6 Å². The smallest absolute Gasteiger partial charge is 0.339 e. The van der Waals surface area contributed by atoms with Gasteiger partial charge in [-0.2, -0.15) is 0 Å². The van der Waals surface area contributed by atoms with Crippen molar-refractivity contribution in [2.45, 2.75) is 38.7 Å². The van der Waals surface area contributed by atoms with E-state index < -0.39 is 5.97 Å². The van der Waals surface area contributed by atoms with E-state index in [-0.39, 0.29) is 23.6 Å². The predicted octanol–water partition coefficient (Wildman–Crippen LogP) is 2.89. The standard InChI is InChI=1S/C16H20O5/c1-2-20-16(19)11-7-9-12(10-8-11)21-14-6-4-3-5-13(14)15(17)18/h3-6,11-12H,2,7-10H2,1H3,(H,17,18). The number of carbonyl (C=O) groups is 2. The number of rotatable bonds is 5. The van der Waals surface area contributed by atoms with Crippen molar-refractivity contribution in [2.24, 2.45) is 5.92 Å². The second-order valence-electron chi connectivity index (χ2n) is 5.14. The van der Waals surface area contributed by atoms with Crippen LogP contribution >= 0.6 is 0 Å². The van der Waals surface area contributed by atoms with Crippen LogP contribution in [0.1, 0.15) is 43.0 Å². The van der Waals surface area contributed by atoms with Crippen LogP contribution in [0.3, 0.4) is 0 Å². The number of benzene rings is 1. The minimum atomic E-state index is -0.995. The molecule has 1 aliphatic rings. The largest absolute Gasteiger partial charge is 0.490 e. The first kappa shape index (κ1) is 15.4. The molecule has 0 unspecified atom stereocenters. The first-order chi connectivity index (χ1) is 10.1. The Morgan fingerprint density at radius 1 is 1.19 bits per heavy atom. The van der Waals surface area contributed by atoms with Crippen LogP contribution in [0.25, 0.3) is 0 Å². The Morgan fingerprint density at radius 3 is 2.48 bits per heavy atom. The summed E-state index contributed by atoms with van der Waals surface area (Å²) in [4.78, 5) is 22.8. The van der Waals surface area contributed by atoms with Gasteiger partial charge in [0, 0.05) is 0 Å². The van der Waals surface area contributed by atoms with E-state index in [9.17, 15) is 9.59 Å². The number of carboxylic acid groups (broad SMARTS) is 1. The van der Waals surface area contributed by atoms with E-state index in [2.05, 4.69) is 0 Å². The number of hydrogen-bond acceptors (Lipinski definition) is 4. The highest BCUT2D eigenvalue weighted by atomic mass is 16.5. The van der Waals surface area contributed by atoms with Crippen LogP contribution in [0.2, 0.25) is 0 Å². The first-order valence-corrected chi connectivity index (χ1v) is 7.27. The molecule has 0 radical (unpaired) electrons. The number of aromatic carboxylic acids is 1. The molecule has 0 aromatic heterocycles. The van der Waals surface area contributed by atoms with Gasteiger partial charge in [0.25, 0.3) is 0 Å². The molecule has 1 fully saturated rings. The summed E-state index contributed by atoms with van der Waals surface area (Å²) in [6.07, 6.45) is 2.86. The van der Waals surface area contributed by atoms with E-state index in [1.54, 1.807) is 25.1 Å². The van der Waals surface area contributed by atoms with Crippen molar-refractivity contribution in [3.63, 3.8) is 0 Å². The molecule has 114 valence electrons. The summed E-state index contributed by atoms with van der Waals surface area (Å²) >= 11 is 0. The Kier molecular flexibility index (Phi) is 5.20. The van der Waals surface area contributed by atoms with Crippen LogP contribution in [0.15, 0.2) is 24.3 Å². The Balaban J connectivity index is 1.92. The van der Waals surface area contributed by atoms with Crippen molar-refractivity contribution in [3.8, 4) is 5.75 Å². The lowest BCUT2D eigenvalue weighted by Crippen LogP contribution is -2.29. The molecule has 0 heterocycles. The number of esters is 1. The Morgan fingerprint density at radius 2 is 1.86 bits per heavy atom. The molecule has 1 aromatic rings. The van der Waals surface area contributed by atoms with Crippen LogP contribution in [0.5, 0.6) is 5.75 Å². The van der Waals surface area contributed by atoms with E-state index in [1.807, 2.05) is 0 Å². The highest BCUT2D eigenvalue weighted by Crippen LogP contribution is 2.29. The molecule has 0 spiro atoms. The summed E-state index contributed by atoms with van der Waals surface area (Å²) in [5, 5.41) is 9.13. The lowest BCUT2D eigenvalue weighted by molar-refractivity contribution is -0.149. The average Bonchev–Trinajstić information content (AvgIpc) is 2.48. The Labute approximate surface area is 123 Å². The first-order valence-electron chi connectivity index (χ1n) is 7.27. The van der Waals surface area contributed by atoms with Crippen LogP contribution in [0, 0.1) is 5.92 Å². The van der Waals surface area contributed by atoms with E-state index in [0.717, 1.165) is 25.7 Å². The second-order valence-corrected chi connectivity index (χ2v) is 5.14. The van der Waals surface area contributed by atoms with Gasteiger partial charge >= 0.3 is 11.9 Å². The molecule has 5 nitrogen and oxygen atoms in total. The fourth-order valence-electron chi connectivity index (χ4n) is 2.60. The zero-order valence-electron chi connectivity index (χ0n) is 12.1. The summed E-state index contributed by atoms with van der Waals surface area (Å²) in [7, 11) is 0. The summed E-state index contributed by atoms with van der Waals surface area (Å²) in [6.45, 7) is 2.21. The molecule has 21 heavy (non-hydrogen) atoms. The second kappa shape index (κ2) is 7.11. The van der Waals surface area contributed by atoms with Crippen LogP contribution < -0.4 is 4.74 Å². The molecule has 1 saturated carbocycles.